The van der Waals surface area contributed by atoms with Crippen molar-refractivity contribution in [2.75, 3.05) is 32.6 Å². The third-order valence-corrected chi connectivity index (χ3v) is 5.97. The molecule has 1 saturated heterocycles. The van der Waals surface area contributed by atoms with Crippen molar-refractivity contribution in [3.63, 3.8) is 0 Å². The first-order valence-electron chi connectivity index (χ1n) is 6.93. The highest BCUT2D eigenvalue weighted by Gasteiger charge is 2.31. The number of thioether (sulfide) groups is 1. The number of halogens is 1. The molecule has 0 aromatic carbocycles. The van der Waals surface area contributed by atoms with Gasteiger partial charge in [0.2, 0.25) is 0 Å². The van der Waals surface area contributed by atoms with Crippen LogP contribution in [0, 0.1) is 0 Å². The fourth-order valence-electron chi connectivity index (χ4n) is 2.22. The van der Waals surface area contributed by atoms with Crippen LogP contribution in [0.15, 0.2) is 22.5 Å². The Morgan fingerprint density at radius 3 is 2.90 bits per heavy atom. The molecule has 0 bridgehead atoms. The quantitative estimate of drug-likeness (QED) is 0.405. The van der Waals surface area contributed by atoms with E-state index in [1.54, 1.807) is 11.3 Å². The van der Waals surface area contributed by atoms with Gasteiger partial charge in [-0.3, -0.25) is 4.99 Å². The zero-order valence-corrected chi connectivity index (χ0v) is 16.3. The average molecular weight is 441 g/mol. The molecule has 1 aliphatic rings. The van der Waals surface area contributed by atoms with Crippen LogP contribution in [-0.2, 0) is 11.2 Å². The molecule has 4 nitrogen and oxygen atoms in total. The Morgan fingerprint density at radius 1 is 1.52 bits per heavy atom. The average Bonchev–Trinajstić information content (AvgIpc) is 2.99. The number of thiophene rings is 1. The fraction of sp³-hybridized carbons (Fsp3) is 0.643. The summed E-state index contributed by atoms with van der Waals surface area (Å²) in [6.07, 6.45) is 5.26. The highest BCUT2D eigenvalue weighted by Crippen LogP contribution is 2.33. The van der Waals surface area contributed by atoms with Crippen LogP contribution in [0.25, 0.3) is 0 Å². The SMILES string of the molecule is CSC1(CN=C(N)NCCc2cccs2)CCOCC1.I. The van der Waals surface area contributed by atoms with Gasteiger partial charge in [-0.25, -0.2) is 0 Å². The minimum absolute atomic E-state index is 0. The standard InChI is InChI=1S/C14H23N3OS2.HI/c1-19-14(5-8-18-9-6-14)11-17-13(15)16-7-4-12-3-2-10-20-12;/h2-3,10H,4-9,11H2,1H3,(H3,15,16,17);1H. The van der Waals surface area contributed by atoms with Gasteiger partial charge >= 0.3 is 0 Å². The minimum atomic E-state index is 0. The Kier molecular flexibility index (Phi) is 9.00. The van der Waals surface area contributed by atoms with Crippen LogP contribution in [0.1, 0.15) is 17.7 Å². The summed E-state index contributed by atoms with van der Waals surface area (Å²) < 4.78 is 5.64. The number of guanidine groups is 1. The molecule has 120 valence electrons. The van der Waals surface area contributed by atoms with Gasteiger partial charge in [0.05, 0.1) is 6.54 Å². The summed E-state index contributed by atoms with van der Waals surface area (Å²) in [4.78, 5) is 5.89. The lowest BCUT2D eigenvalue weighted by Crippen LogP contribution is -2.39. The molecule has 7 heteroatoms. The van der Waals surface area contributed by atoms with Crippen molar-refractivity contribution in [1.29, 1.82) is 0 Å². The number of ether oxygens (including phenoxy) is 1. The summed E-state index contributed by atoms with van der Waals surface area (Å²) in [6, 6.07) is 4.22. The zero-order chi connectivity index (χ0) is 14.3. The number of hydrogen-bond acceptors (Lipinski definition) is 4. The Bertz CT molecular complexity index is 420. The molecule has 1 fully saturated rings. The van der Waals surface area contributed by atoms with Crippen molar-refractivity contribution >= 4 is 53.0 Å². The lowest BCUT2D eigenvalue weighted by atomic mass is 9.99. The highest BCUT2D eigenvalue weighted by atomic mass is 127. The number of nitrogens with zero attached hydrogens (tertiary/aromatic N) is 1. The molecule has 1 aliphatic heterocycles. The van der Waals surface area contributed by atoms with E-state index in [2.05, 4.69) is 34.1 Å². The second-order valence-corrected chi connectivity index (χ2v) is 7.26. The van der Waals surface area contributed by atoms with Gasteiger partial charge in [-0.1, -0.05) is 6.07 Å². The molecule has 0 spiro atoms. The van der Waals surface area contributed by atoms with Gasteiger partial charge in [-0.05, 0) is 37.0 Å². The molecule has 0 radical (unpaired) electrons. The lowest BCUT2D eigenvalue weighted by molar-refractivity contribution is 0.0794. The Balaban J connectivity index is 0.00000220. The summed E-state index contributed by atoms with van der Waals surface area (Å²) >= 11 is 3.66. The van der Waals surface area contributed by atoms with Crippen LogP contribution >= 0.6 is 47.1 Å². The monoisotopic (exact) mass is 441 g/mol. The van der Waals surface area contributed by atoms with Crippen molar-refractivity contribution in [1.82, 2.24) is 5.32 Å². The number of nitrogens with one attached hydrogen (secondary N) is 1. The van der Waals surface area contributed by atoms with Crippen molar-refractivity contribution in [2.24, 2.45) is 10.7 Å². The lowest BCUT2D eigenvalue weighted by Gasteiger charge is -2.34. The predicted molar refractivity (Wildman–Crippen MR) is 104 cm³/mol. The molecule has 2 heterocycles. The van der Waals surface area contributed by atoms with Crippen LogP contribution in [0.5, 0.6) is 0 Å². The topological polar surface area (TPSA) is 59.6 Å². The summed E-state index contributed by atoms with van der Waals surface area (Å²) in [6.45, 7) is 3.28. The highest BCUT2D eigenvalue weighted by molar-refractivity contribution is 14.0. The van der Waals surface area contributed by atoms with Gasteiger partial charge in [0, 0.05) is 29.4 Å². The number of hydrogen-bond donors (Lipinski definition) is 2. The summed E-state index contributed by atoms with van der Waals surface area (Å²) in [5, 5.41) is 5.29. The second kappa shape index (κ2) is 9.91. The number of rotatable bonds is 6. The van der Waals surface area contributed by atoms with Crippen LogP contribution in [0.2, 0.25) is 0 Å². The first-order valence-corrected chi connectivity index (χ1v) is 9.04. The molecule has 3 N–H and O–H groups in total. The molecule has 0 saturated carbocycles. The number of nitrogens with two attached hydrogens (primary N) is 1. The maximum atomic E-state index is 5.95. The van der Waals surface area contributed by atoms with E-state index >= 15 is 0 Å². The predicted octanol–water partition coefficient (Wildman–Crippen LogP) is 2.73. The van der Waals surface area contributed by atoms with Crippen molar-refractivity contribution in [3.8, 4) is 0 Å². The summed E-state index contributed by atoms with van der Waals surface area (Å²) in [5.41, 5.74) is 5.95. The van der Waals surface area contributed by atoms with E-state index in [9.17, 15) is 0 Å². The Labute approximate surface area is 152 Å². The normalized spacial score (nSPS) is 18.0. The van der Waals surface area contributed by atoms with Crippen LogP contribution < -0.4 is 11.1 Å². The second-order valence-electron chi connectivity index (χ2n) is 4.96. The van der Waals surface area contributed by atoms with E-state index in [1.807, 2.05) is 11.8 Å². The molecule has 1 aromatic heterocycles. The van der Waals surface area contributed by atoms with Crippen molar-refractivity contribution in [3.05, 3.63) is 22.4 Å². The van der Waals surface area contributed by atoms with Crippen molar-refractivity contribution < 1.29 is 4.74 Å². The summed E-state index contributed by atoms with van der Waals surface area (Å²) in [7, 11) is 0. The molecule has 0 amide bonds. The van der Waals surface area contributed by atoms with Gasteiger partial charge in [0.15, 0.2) is 5.96 Å². The molecular weight excluding hydrogens is 417 g/mol. The molecule has 0 aliphatic carbocycles. The largest absolute Gasteiger partial charge is 0.381 e. The van der Waals surface area contributed by atoms with Crippen LogP contribution in [0.4, 0.5) is 0 Å². The Morgan fingerprint density at radius 2 is 2.29 bits per heavy atom. The fourth-order valence-corrected chi connectivity index (χ4v) is 3.70. The van der Waals surface area contributed by atoms with Gasteiger partial charge < -0.3 is 15.8 Å². The first kappa shape index (κ1) is 19.1. The summed E-state index contributed by atoms with van der Waals surface area (Å²) in [5.74, 6) is 0.557. The van der Waals surface area contributed by atoms with Gasteiger partial charge in [-0.2, -0.15) is 11.8 Å². The number of aliphatic imine (C=N–C) groups is 1. The third-order valence-electron chi connectivity index (χ3n) is 3.63. The van der Waals surface area contributed by atoms with Crippen LogP contribution in [0.3, 0.4) is 0 Å². The molecule has 21 heavy (non-hydrogen) atoms. The van der Waals surface area contributed by atoms with E-state index in [4.69, 9.17) is 10.5 Å². The molecule has 0 unspecified atom stereocenters. The molecule has 1 aromatic rings. The first-order chi connectivity index (χ1) is 9.74. The van der Waals surface area contributed by atoms with E-state index in [0.717, 1.165) is 45.6 Å². The molecule has 2 rings (SSSR count). The smallest absolute Gasteiger partial charge is 0.188 e. The molecule has 0 atom stereocenters. The minimum Gasteiger partial charge on any atom is -0.381 e. The molecular formula is C14H24IN3OS2. The maximum Gasteiger partial charge on any atom is 0.188 e. The van der Waals surface area contributed by atoms with Crippen molar-refractivity contribution in [2.45, 2.75) is 24.0 Å². The third kappa shape index (κ3) is 6.33. The zero-order valence-electron chi connectivity index (χ0n) is 12.3. The maximum absolute atomic E-state index is 5.95. The van der Waals surface area contributed by atoms with Crippen LogP contribution in [-0.4, -0.2) is 43.3 Å². The van der Waals surface area contributed by atoms with Gasteiger partial charge in [-0.15, -0.1) is 35.3 Å². The van der Waals surface area contributed by atoms with Gasteiger partial charge in [0.1, 0.15) is 0 Å². The van der Waals surface area contributed by atoms with E-state index in [1.165, 1.54) is 4.88 Å². The van der Waals surface area contributed by atoms with E-state index in [-0.39, 0.29) is 28.7 Å². The van der Waals surface area contributed by atoms with E-state index in [0.29, 0.717) is 5.96 Å². The van der Waals surface area contributed by atoms with E-state index < -0.39 is 0 Å². The Hall–Kier alpha value is 0.01000. The van der Waals surface area contributed by atoms with Gasteiger partial charge in [0.25, 0.3) is 0 Å².